The molecule has 1 heterocycles. The largest absolute Gasteiger partial charge is 0.324 e. The van der Waals surface area contributed by atoms with E-state index >= 15 is 0 Å². The van der Waals surface area contributed by atoms with Crippen molar-refractivity contribution in [3.8, 4) is 0 Å². The third-order valence-electron chi connectivity index (χ3n) is 5.79. The second-order valence-electron chi connectivity index (χ2n) is 8.86. The van der Waals surface area contributed by atoms with Gasteiger partial charge in [-0.1, -0.05) is 41.9 Å². The van der Waals surface area contributed by atoms with Gasteiger partial charge in [0.2, 0.25) is 17.2 Å². The Morgan fingerprint density at radius 1 is 1.05 bits per heavy atom. The Morgan fingerprint density at radius 2 is 1.74 bits per heavy atom. The summed E-state index contributed by atoms with van der Waals surface area (Å²) in [7, 11) is -4.75. The van der Waals surface area contributed by atoms with Crippen LogP contribution < -0.4 is 15.5 Å². The first-order chi connectivity index (χ1) is 20.5. The lowest BCUT2D eigenvalue weighted by molar-refractivity contribution is -0.116. The molecule has 0 saturated carbocycles. The van der Waals surface area contributed by atoms with Crippen molar-refractivity contribution < 1.29 is 17.8 Å². The van der Waals surface area contributed by atoms with E-state index in [1.807, 2.05) is 42.2 Å². The molecule has 0 bridgehead atoms. The second kappa shape index (κ2) is 13.6. The van der Waals surface area contributed by atoms with Gasteiger partial charge in [-0.15, -0.1) is 0 Å². The van der Waals surface area contributed by atoms with E-state index in [2.05, 4.69) is 35.8 Å². The molecule has 43 heavy (non-hydrogen) atoms. The van der Waals surface area contributed by atoms with Gasteiger partial charge in [0, 0.05) is 23.6 Å². The molecule has 16 heteroatoms. The summed E-state index contributed by atoms with van der Waals surface area (Å²) in [5.41, 5.74) is 0.880. The average molecular weight is 643 g/mol. The summed E-state index contributed by atoms with van der Waals surface area (Å²) in [5.74, 6) is -0.419. The molecule has 0 aliphatic rings. The molecule has 0 aliphatic heterocycles. The molecule has 222 valence electrons. The smallest absolute Gasteiger partial charge is 0.296 e. The zero-order chi connectivity index (χ0) is 31.1. The molecule has 0 spiro atoms. The quantitative estimate of drug-likeness (QED) is 0.0809. The van der Waals surface area contributed by atoms with Gasteiger partial charge in [-0.25, -0.2) is 0 Å². The number of nitrogens with zero attached hydrogens (tertiary/aromatic N) is 6. The van der Waals surface area contributed by atoms with Crippen LogP contribution >= 0.6 is 23.2 Å². The van der Waals surface area contributed by atoms with Gasteiger partial charge in [-0.2, -0.15) is 33.6 Å². The predicted molar refractivity (Wildman–Crippen MR) is 165 cm³/mol. The number of carbonyl (C=O) groups excluding carboxylic acids is 1. The van der Waals surface area contributed by atoms with Gasteiger partial charge in [0.1, 0.15) is 10.6 Å². The predicted octanol–water partition coefficient (Wildman–Crippen LogP) is 6.46. The Labute approximate surface area is 257 Å². The maximum atomic E-state index is 12.9. The van der Waals surface area contributed by atoms with Crippen LogP contribution in [0.3, 0.4) is 0 Å². The van der Waals surface area contributed by atoms with Gasteiger partial charge in [0.15, 0.2) is 6.04 Å². The number of halogens is 2. The summed E-state index contributed by atoms with van der Waals surface area (Å²) >= 11 is 12.3. The van der Waals surface area contributed by atoms with Gasteiger partial charge in [0.25, 0.3) is 16.0 Å². The van der Waals surface area contributed by atoms with E-state index in [0.717, 1.165) is 11.8 Å². The van der Waals surface area contributed by atoms with Crippen LogP contribution in [0.1, 0.15) is 13.8 Å². The Morgan fingerprint density at radius 3 is 2.40 bits per heavy atom. The summed E-state index contributed by atoms with van der Waals surface area (Å²) in [4.78, 5) is 26.9. The van der Waals surface area contributed by atoms with Gasteiger partial charge in [-0.05, 0) is 67.9 Å². The van der Waals surface area contributed by atoms with Crippen molar-refractivity contribution in [3.05, 3.63) is 83.1 Å². The fraction of sp³-hybridized carbons (Fsp3) is 0.148. The fourth-order valence-electron chi connectivity index (χ4n) is 3.80. The van der Waals surface area contributed by atoms with E-state index in [9.17, 15) is 17.8 Å². The lowest BCUT2D eigenvalue weighted by Gasteiger charge is -2.21. The van der Waals surface area contributed by atoms with Crippen molar-refractivity contribution in [3.63, 3.8) is 0 Å². The first-order valence-electron chi connectivity index (χ1n) is 12.6. The number of nitrogens with one attached hydrogen (secondary N) is 3. The van der Waals surface area contributed by atoms with Crippen LogP contribution in [0.2, 0.25) is 10.3 Å². The first-order valence-corrected chi connectivity index (χ1v) is 14.8. The minimum absolute atomic E-state index is 0.0409. The van der Waals surface area contributed by atoms with Gasteiger partial charge < -0.3 is 20.9 Å². The molecule has 4 rings (SSSR count). The van der Waals surface area contributed by atoms with Crippen molar-refractivity contribution >= 4 is 79.6 Å². The summed E-state index contributed by atoms with van der Waals surface area (Å²) in [6.07, 6.45) is 0. The number of azo groups is 1. The highest BCUT2D eigenvalue weighted by atomic mass is 35.5. The Kier molecular flexibility index (Phi) is 9.98. The number of hydrogen-bond acceptors (Lipinski definition) is 11. The molecule has 1 unspecified atom stereocenters. The number of para-hydroxylation sites is 2. The molecule has 4 aromatic rings. The van der Waals surface area contributed by atoms with E-state index in [4.69, 9.17) is 28.6 Å². The Bertz CT molecular complexity index is 1790. The summed E-state index contributed by atoms with van der Waals surface area (Å²) in [5, 5.41) is 21.5. The maximum Gasteiger partial charge on any atom is 0.296 e. The van der Waals surface area contributed by atoms with Crippen LogP contribution in [0.15, 0.2) is 87.9 Å². The number of carbonyl (C=O) groups is 1. The highest BCUT2D eigenvalue weighted by molar-refractivity contribution is 7.86. The first kappa shape index (κ1) is 31.4. The van der Waals surface area contributed by atoms with E-state index in [0.29, 0.717) is 12.2 Å². The molecular formula is C27H25Cl2N9O4S. The molecule has 0 fully saturated rings. The molecule has 13 nitrogen and oxygen atoms in total. The summed E-state index contributed by atoms with van der Waals surface area (Å²) in [6.45, 7) is 3.78. The van der Waals surface area contributed by atoms with Crippen LogP contribution in [-0.2, 0) is 14.9 Å². The van der Waals surface area contributed by atoms with Crippen LogP contribution in [0, 0.1) is 5.41 Å². The number of rotatable bonds is 11. The number of aromatic nitrogens is 3. The third kappa shape index (κ3) is 8.08. The van der Waals surface area contributed by atoms with E-state index in [-0.39, 0.29) is 39.3 Å². The second-order valence-corrected chi connectivity index (χ2v) is 11.0. The molecule has 0 radical (unpaired) electrons. The van der Waals surface area contributed by atoms with Crippen LogP contribution in [0.25, 0.3) is 0 Å². The van der Waals surface area contributed by atoms with E-state index < -0.39 is 27.0 Å². The highest BCUT2D eigenvalue weighted by Crippen LogP contribution is 2.31. The summed E-state index contributed by atoms with van der Waals surface area (Å²) < 4.78 is 34.0. The fourth-order valence-corrected chi connectivity index (χ4v) is 4.75. The molecular weight excluding hydrogens is 617 g/mol. The standard InChI is InChI=1S/C27H25Cl2N9O4S/c1-3-38(18-9-5-4-6-10-18)27-34-25(29)33-26(35-27)31-17-13-14-22(43(40,41)42)21(15-17)36-37-23(16(2)30)24(39)32-20-12-8-7-11-19(20)28/h4-15,23,30H,3H2,1-2H3,(H,32,39)(H,40,41,42)(H,31,33,34,35)/b30-16?,37-36+. The molecule has 0 aliphatic carbocycles. The molecule has 1 amide bonds. The lowest BCUT2D eigenvalue weighted by Crippen LogP contribution is -2.31. The molecule has 3 aromatic carbocycles. The van der Waals surface area contributed by atoms with Crippen LogP contribution in [0.4, 0.5) is 34.6 Å². The lowest BCUT2D eigenvalue weighted by atomic mass is 10.2. The molecule has 0 saturated heterocycles. The maximum absolute atomic E-state index is 12.9. The van der Waals surface area contributed by atoms with Gasteiger partial charge in [-0.3, -0.25) is 9.35 Å². The Balaban J connectivity index is 1.65. The van der Waals surface area contributed by atoms with Crippen molar-refractivity contribution in [1.29, 1.82) is 5.41 Å². The zero-order valence-electron chi connectivity index (χ0n) is 22.7. The SMILES string of the molecule is CCN(c1ccccc1)c1nc(Cl)nc(Nc2ccc(S(=O)(=O)O)c(/N=N/C(C(C)=N)C(=O)Nc3ccccc3Cl)c2)n1. The number of hydrogen-bond donors (Lipinski definition) is 4. The topological polar surface area (TPSA) is 186 Å². The van der Waals surface area contributed by atoms with Crippen molar-refractivity contribution in [2.75, 3.05) is 22.1 Å². The monoisotopic (exact) mass is 641 g/mol. The normalized spacial score (nSPS) is 12.1. The van der Waals surface area contributed by atoms with Crippen molar-refractivity contribution in [2.24, 2.45) is 10.2 Å². The summed E-state index contributed by atoms with van der Waals surface area (Å²) in [6, 6.07) is 18.2. The van der Waals surface area contributed by atoms with Crippen LogP contribution in [-0.4, -0.2) is 52.1 Å². The van der Waals surface area contributed by atoms with Crippen molar-refractivity contribution in [1.82, 2.24) is 15.0 Å². The molecule has 1 atom stereocenters. The zero-order valence-corrected chi connectivity index (χ0v) is 25.1. The third-order valence-corrected chi connectivity index (χ3v) is 7.19. The van der Waals surface area contributed by atoms with E-state index in [1.165, 1.54) is 19.1 Å². The van der Waals surface area contributed by atoms with Gasteiger partial charge in [0.05, 0.1) is 10.7 Å². The molecule has 1 aromatic heterocycles. The highest BCUT2D eigenvalue weighted by Gasteiger charge is 2.23. The number of benzene rings is 3. The minimum atomic E-state index is -4.75. The number of anilines is 5. The average Bonchev–Trinajstić information content (AvgIpc) is 2.94. The minimum Gasteiger partial charge on any atom is -0.324 e. The molecule has 4 N–H and O–H groups in total. The van der Waals surface area contributed by atoms with Gasteiger partial charge >= 0.3 is 0 Å². The Hall–Kier alpha value is -4.50. The van der Waals surface area contributed by atoms with E-state index in [1.54, 1.807) is 24.3 Å². The number of amides is 1. The van der Waals surface area contributed by atoms with Crippen LogP contribution in [0.5, 0.6) is 0 Å². The van der Waals surface area contributed by atoms with Crippen molar-refractivity contribution in [2.45, 2.75) is 24.8 Å².